The molecule has 0 aliphatic rings. The van der Waals surface area contributed by atoms with Crippen molar-refractivity contribution in [3.8, 4) is 0 Å². The highest BCUT2D eigenvalue weighted by Crippen LogP contribution is 2.30. The second kappa shape index (κ2) is 6.04. The first-order chi connectivity index (χ1) is 9.74. The Hall–Kier alpha value is -1.23. The number of hydrogen-bond donors (Lipinski definition) is 1. The molecule has 2 nitrogen and oxygen atoms in total. The number of halogens is 1. The maximum Gasteiger partial charge on any atom is 0.150 e. The van der Waals surface area contributed by atoms with Crippen LogP contribution in [0.15, 0.2) is 46.8 Å². The predicted molar refractivity (Wildman–Crippen MR) is 90.2 cm³/mol. The van der Waals surface area contributed by atoms with Crippen molar-refractivity contribution in [2.45, 2.75) is 10.9 Å². The first-order valence-corrected chi connectivity index (χ1v) is 8.59. The van der Waals surface area contributed by atoms with Crippen molar-refractivity contribution in [3.63, 3.8) is 0 Å². The van der Waals surface area contributed by atoms with Gasteiger partial charge in [-0.1, -0.05) is 35.5 Å². The van der Waals surface area contributed by atoms with Gasteiger partial charge in [0.05, 0.1) is 10.2 Å². The molecule has 1 N–H and O–H groups in total. The summed E-state index contributed by atoms with van der Waals surface area (Å²) < 4.78 is 2.32. The number of nitrogens with zero attached hydrogens (tertiary/aromatic N) is 1. The van der Waals surface area contributed by atoms with E-state index in [0.29, 0.717) is 0 Å². The number of nitrogens with one attached hydrogen (secondary N) is 1. The second-order valence-electron chi connectivity index (χ2n) is 4.35. The number of thiazole rings is 1. The first-order valence-electron chi connectivity index (χ1n) is 6.17. The van der Waals surface area contributed by atoms with Crippen LogP contribution in [0.2, 0.25) is 5.02 Å². The lowest BCUT2D eigenvalue weighted by Gasteiger charge is -2.06. The number of fused-ring (bicyclic) bond motifs is 1. The van der Waals surface area contributed by atoms with Crippen LogP contribution in [0.5, 0.6) is 0 Å². The second-order valence-corrected chi connectivity index (χ2v) is 6.87. The van der Waals surface area contributed by atoms with Gasteiger partial charge in [-0.15, -0.1) is 11.3 Å². The van der Waals surface area contributed by atoms with Gasteiger partial charge in [-0.25, -0.2) is 4.98 Å². The number of hydrogen-bond acceptors (Lipinski definition) is 4. The van der Waals surface area contributed by atoms with Crippen LogP contribution in [0.1, 0.15) is 5.56 Å². The molecule has 20 heavy (non-hydrogen) atoms. The van der Waals surface area contributed by atoms with E-state index in [1.54, 1.807) is 23.1 Å². The summed E-state index contributed by atoms with van der Waals surface area (Å²) in [4.78, 5) is 4.54. The molecule has 0 fully saturated rings. The van der Waals surface area contributed by atoms with E-state index in [1.165, 1.54) is 10.3 Å². The Morgan fingerprint density at radius 3 is 2.75 bits per heavy atom. The van der Waals surface area contributed by atoms with Gasteiger partial charge < -0.3 is 5.32 Å². The van der Waals surface area contributed by atoms with Crippen molar-refractivity contribution in [2.24, 2.45) is 0 Å². The van der Waals surface area contributed by atoms with E-state index in [9.17, 15) is 0 Å². The molecule has 1 heterocycles. The van der Waals surface area contributed by atoms with Gasteiger partial charge in [0, 0.05) is 17.3 Å². The van der Waals surface area contributed by atoms with E-state index in [0.717, 1.165) is 27.1 Å². The van der Waals surface area contributed by atoms with Crippen molar-refractivity contribution >= 4 is 50.6 Å². The average Bonchev–Trinajstić information content (AvgIpc) is 2.89. The highest BCUT2D eigenvalue weighted by Gasteiger charge is 2.03. The third kappa shape index (κ3) is 3.08. The molecule has 1 aromatic heterocycles. The zero-order chi connectivity index (χ0) is 13.9. The molecule has 0 aliphatic heterocycles. The molecule has 5 heteroatoms. The van der Waals surface area contributed by atoms with E-state index in [4.69, 9.17) is 11.6 Å². The normalized spacial score (nSPS) is 10.9. The number of rotatable bonds is 4. The van der Waals surface area contributed by atoms with Crippen LogP contribution in [0, 0.1) is 0 Å². The molecule has 2 aromatic carbocycles. The van der Waals surface area contributed by atoms with Crippen molar-refractivity contribution in [3.05, 3.63) is 53.1 Å². The minimum Gasteiger partial charge on any atom is -0.381 e. The Morgan fingerprint density at radius 1 is 1.20 bits per heavy atom. The average molecular weight is 321 g/mol. The van der Waals surface area contributed by atoms with Crippen LogP contribution in [-0.2, 0) is 6.54 Å². The van der Waals surface area contributed by atoms with Gasteiger partial charge in [0.2, 0.25) is 0 Å². The minimum absolute atomic E-state index is 0.768. The van der Waals surface area contributed by atoms with Crippen molar-refractivity contribution < 1.29 is 0 Å². The molecule has 3 aromatic rings. The van der Waals surface area contributed by atoms with Crippen LogP contribution in [0.25, 0.3) is 10.2 Å². The molecule has 0 saturated carbocycles. The van der Waals surface area contributed by atoms with Crippen LogP contribution < -0.4 is 5.32 Å². The molecular weight excluding hydrogens is 308 g/mol. The molecule has 0 spiro atoms. The van der Waals surface area contributed by atoms with Gasteiger partial charge in [-0.05, 0) is 42.2 Å². The fourth-order valence-electron chi connectivity index (χ4n) is 1.91. The molecule has 0 amide bonds. The number of aromatic nitrogens is 1. The summed E-state index contributed by atoms with van der Waals surface area (Å²) in [5, 5.41) is 4.20. The maximum atomic E-state index is 5.88. The summed E-state index contributed by atoms with van der Waals surface area (Å²) in [7, 11) is 0. The predicted octanol–water partition coefficient (Wildman–Crippen LogP) is 5.28. The summed E-state index contributed by atoms with van der Waals surface area (Å²) in [6, 6.07) is 14.2. The molecule has 3 rings (SSSR count). The number of anilines is 1. The molecule has 0 bridgehead atoms. The van der Waals surface area contributed by atoms with Crippen molar-refractivity contribution in [1.29, 1.82) is 0 Å². The van der Waals surface area contributed by atoms with Crippen molar-refractivity contribution in [1.82, 2.24) is 4.98 Å². The monoisotopic (exact) mass is 320 g/mol. The van der Waals surface area contributed by atoms with Crippen LogP contribution >= 0.6 is 34.7 Å². The summed E-state index contributed by atoms with van der Waals surface area (Å²) in [5.74, 6) is 0. The number of thioether (sulfide) groups is 1. The van der Waals surface area contributed by atoms with Gasteiger partial charge >= 0.3 is 0 Å². The fourth-order valence-corrected chi connectivity index (χ4v) is 3.56. The third-order valence-electron chi connectivity index (χ3n) is 2.95. The van der Waals surface area contributed by atoms with Gasteiger partial charge in [-0.3, -0.25) is 0 Å². The smallest absolute Gasteiger partial charge is 0.150 e. The molecule has 0 atom stereocenters. The van der Waals surface area contributed by atoms with Crippen LogP contribution in [-0.4, -0.2) is 11.2 Å². The molecular formula is C15H13ClN2S2. The Balaban J connectivity index is 1.75. The Labute approximate surface area is 131 Å². The molecule has 0 aliphatic carbocycles. The Kier molecular flexibility index (Phi) is 4.15. The quantitative estimate of drug-likeness (QED) is 0.662. The minimum atomic E-state index is 0.768. The highest BCUT2D eigenvalue weighted by atomic mass is 35.5. The Bertz CT molecular complexity index is 722. The largest absolute Gasteiger partial charge is 0.381 e. The topological polar surface area (TPSA) is 24.9 Å². The molecule has 0 radical (unpaired) electrons. The zero-order valence-corrected chi connectivity index (χ0v) is 13.3. The van der Waals surface area contributed by atoms with E-state index in [1.807, 2.05) is 24.3 Å². The summed E-state index contributed by atoms with van der Waals surface area (Å²) in [6.45, 7) is 0.789. The summed E-state index contributed by atoms with van der Waals surface area (Å²) >= 11 is 9.30. The van der Waals surface area contributed by atoms with Gasteiger partial charge in [0.1, 0.15) is 0 Å². The lowest BCUT2D eigenvalue weighted by atomic mass is 10.2. The first kappa shape index (κ1) is 13.7. The van der Waals surface area contributed by atoms with Gasteiger partial charge in [-0.2, -0.15) is 0 Å². The molecule has 0 saturated heterocycles. The highest BCUT2D eigenvalue weighted by molar-refractivity contribution is 8.00. The van der Waals surface area contributed by atoms with E-state index in [-0.39, 0.29) is 0 Å². The fraction of sp³-hybridized carbons (Fsp3) is 0.133. The van der Waals surface area contributed by atoms with Crippen LogP contribution in [0.4, 0.5) is 5.69 Å². The van der Waals surface area contributed by atoms with Gasteiger partial charge in [0.25, 0.3) is 0 Å². The summed E-state index contributed by atoms with van der Waals surface area (Å²) in [5.41, 5.74) is 3.39. The summed E-state index contributed by atoms with van der Waals surface area (Å²) in [6.07, 6.45) is 2.05. The number of benzene rings is 2. The van der Waals surface area contributed by atoms with E-state index >= 15 is 0 Å². The lowest BCUT2D eigenvalue weighted by Crippen LogP contribution is -1.98. The standard InChI is InChI=1S/C15H13ClN2S2/c1-19-15-18-13-7-6-12(8-14(13)20-15)17-9-10-2-4-11(16)5-3-10/h2-8,17H,9H2,1H3. The zero-order valence-electron chi connectivity index (χ0n) is 10.9. The Morgan fingerprint density at radius 2 is 2.00 bits per heavy atom. The van der Waals surface area contributed by atoms with Gasteiger partial charge in [0.15, 0.2) is 4.34 Å². The van der Waals surface area contributed by atoms with Crippen LogP contribution in [0.3, 0.4) is 0 Å². The molecule has 0 unspecified atom stereocenters. The molecule has 102 valence electrons. The van der Waals surface area contributed by atoms with E-state index < -0.39 is 0 Å². The third-order valence-corrected chi connectivity index (χ3v) is 5.21. The lowest BCUT2D eigenvalue weighted by molar-refractivity contribution is 1.15. The van der Waals surface area contributed by atoms with Crippen molar-refractivity contribution in [2.75, 3.05) is 11.6 Å². The van der Waals surface area contributed by atoms with E-state index in [2.05, 4.69) is 34.8 Å². The maximum absolute atomic E-state index is 5.88. The SMILES string of the molecule is CSc1nc2ccc(NCc3ccc(Cl)cc3)cc2s1.